The van der Waals surface area contributed by atoms with Crippen LogP contribution in [-0.2, 0) is 16.0 Å². The van der Waals surface area contributed by atoms with Crippen molar-refractivity contribution in [3.8, 4) is 0 Å². The molecule has 0 spiro atoms. The van der Waals surface area contributed by atoms with E-state index in [0.717, 1.165) is 18.4 Å². The maximum Gasteiger partial charge on any atom is 0.337 e. The van der Waals surface area contributed by atoms with Crippen LogP contribution in [0.2, 0.25) is 0 Å². The molecule has 0 aromatic heterocycles. The lowest BCUT2D eigenvalue weighted by Gasteiger charge is -2.03. The Morgan fingerprint density at radius 3 is 2.69 bits per heavy atom. The third-order valence-corrected chi connectivity index (χ3v) is 2.34. The van der Waals surface area contributed by atoms with E-state index in [1.807, 2.05) is 18.2 Å². The van der Waals surface area contributed by atoms with Crippen LogP contribution in [0.3, 0.4) is 0 Å². The van der Waals surface area contributed by atoms with Crippen LogP contribution < -0.4 is 0 Å². The average Bonchev–Trinajstić information content (AvgIpc) is 2.28. The van der Waals surface area contributed by atoms with Gasteiger partial charge < -0.3 is 9.53 Å². The van der Waals surface area contributed by atoms with Crippen LogP contribution >= 0.6 is 0 Å². The van der Waals surface area contributed by atoms with Crippen molar-refractivity contribution in [2.24, 2.45) is 0 Å². The van der Waals surface area contributed by atoms with Crippen molar-refractivity contribution in [3.05, 3.63) is 35.4 Å². The molecule has 0 fully saturated rings. The standard InChI is InChI=1S/C13H16O3/c1-10(14)5-3-6-11-7-4-8-12(9-11)13(15)16-2/h4,7-9H,3,5-6H2,1-2H3. The fraction of sp³-hybridized carbons (Fsp3) is 0.385. The SMILES string of the molecule is COC(=O)c1cccc(CCCC(C)=O)c1. The zero-order valence-corrected chi connectivity index (χ0v) is 9.66. The number of aryl methyl sites for hydroxylation is 1. The number of carbonyl (C=O) groups excluding carboxylic acids is 2. The molecule has 0 aliphatic heterocycles. The van der Waals surface area contributed by atoms with E-state index in [2.05, 4.69) is 4.74 Å². The molecule has 3 nitrogen and oxygen atoms in total. The Bertz CT molecular complexity index is 383. The molecule has 0 N–H and O–H groups in total. The Balaban J connectivity index is 2.60. The summed E-state index contributed by atoms with van der Waals surface area (Å²) in [6, 6.07) is 7.31. The first-order chi connectivity index (χ1) is 7.63. The maximum absolute atomic E-state index is 11.3. The minimum absolute atomic E-state index is 0.198. The smallest absolute Gasteiger partial charge is 0.337 e. The molecule has 1 aromatic carbocycles. The third-order valence-electron chi connectivity index (χ3n) is 2.34. The van der Waals surface area contributed by atoms with Gasteiger partial charge >= 0.3 is 5.97 Å². The number of esters is 1. The second-order valence-corrected chi connectivity index (χ2v) is 3.75. The van der Waals surface area contributed by atoms with Gasteiger partial charge in [0.05, 0.1) is 12.7 Å². The first-order valence-electron chi connectivity index (χ1n) is 5.30. The Morgan fingerprint density at radius 2 is 2.06 bits per heavy atom. The van der Waals surface area contributed by atoms with Crippen molar-refractivity contribution in [2.75, 3.05) is 7.11 Å². The predicted octanol–water partition coefficient (Wildman–Crippen LogP) is 2.38. The van der Waals surface area contributed by atoms with Gasteiger partial charge in [-0.3, -0.25) is 0 Å². The van der Waals surface area contributed by atoms with Gasteiger partial charge in [0, 0.05) is 6.42 Å². The molecule has 1 rings (SSSR count). The molecule has 0 saturated carbocycles. The molecule has 3 heteroatoms. The summed E-state index contributed by atoms with van der Waals surface area (Å²) in [7, 11) is 1.37. The summed E-state index contributed by atoms with van der Waals surface area (Å²) in [5.41, 5.74) is 1.62. The molecule has 0 unspecified atom stereocenters. The number of hydrogen-bond acceptors (Lipinski definition) is 3. The van der Waals surface area contributed by atoms with Gasteiger partial charge in [-0.15, -0.1) is 0 Å². The molecule has 86 valence electrons. The van der Waals surface area contributed by atoms with Crippen molar-refractivity contribution in [1.82, 2.24) is 0 Å². The van der Waals surface area contributed by atoms with Crippen molar-refractivity contribution in [2.45, 2.75) is 26.2 Å². The number of ketones is 1. The number of benzene rings is 1. The molecule has 0 aliphatic carbocycles. The highest BCUT2D eigenvalue weighted by atomic mass is 16.5. The van der Waals surface area contributed by atoms with Gasteiger partial charge in [-0.2, -0.15) is 0 Å². The number of ether oxygens (including phenoxy) is 1. The molecule has 0 saturated heterocycles. The zero-order chi connectivity index (χ0) is 12.0. The highest BCUT2D eigenvalue weighted by molar-refractivity contribution is 5.89. The normalized spacial score (nSPS) is 9.88. The summed E-state index contributed by atoms with van der Waals surface area (Å²) >= 11 is 0. The summed E-state index contributed by atoms with van der Waals surface area (Å²) in [5.74, 6) is -0.127. The van der Waals surface area contributed by atoms with E-state index in [4.69, 9.17) is 0 Å². The van der Waals surface area contributed by atoms with E-state index in [9.17, 15) is 9.59 Å². The topological polar surface area (TPSA) is 43.4 Å². The quantitative estimate of drug-likeness (QED) is 0.715. The van der Waals surface area contributed by atoms with Crippen LogP contribution in [0.5, 0.6) is 0 Å². The second kappa shape index (κ2) is 6.05. The monoisotopic (exact) mass is 220 g/mol. The second-order valence-electron chi connectivity index (χ2n) is 3.75. The fourth-order valence-corrected chi connectivity index (χ4v) is 1.51. The Morgan fingerprint density at radius 1 is 1.31 bits per heavy atom. The van der Waals surface area contributed by atoms with Gasteiger partial charge in [0.2, 0.25) is 0 Å². The molecule has 1 aromatic rings. The minimum atomic E-state index is -0.326. The summed E-state index contributed by atoms with van der Waals surface area (Å²) in [4.78, 5) is 22.1. The van der Waals surface area contributed by atoms with Gasteiger partial charge in [0.25, 0.3) is 0 Å². The van der Waals surface area contributed by atoms with Crippen LogP contribution in [0.1, 0.15) is 35.7 Å². The molecular formula is C13H16O3. The minimum Gasteiger partial charge on any atom is -0.465 e. The van der Waals surface area contributed by atoms with E-state index in [0.29, 0.717) is 12.0 Å². The Kier molecular flexibility index (Phi) is 4.70. The van der Waals surface area contributed by atoms with Crippen LogP contribution in [0.25, 0.3) is 0 Å². The highest BCUT2D eigenvalue weighted by Gasteiger charge is 2.05. The molecule has 16 heavy (non-hydrogen) atoms. The lowest BCUT2D eigenvalue weighted by Crippen LogP contribution is -2.02. The van der Waals surface area contributed by atoms with Gasteiger partial charge in [0.15, 0.2) is 0 Å². The number of rotatable bonds is 5. The number of carbonyl (C=O) groups is 2. The summed E-state index contributed by atoms with van der Waals surface area (Å²) in [6.07, 6.45) is 2.22. The van der Waals surface area contributed by atoms with Crippen LogP contribution in [0.4, 0.5) is 0 Å². The first kappa shape index (κ1) is 12.4. The average molecular weight is 220 g/mol. The fourth-order valence-electron chi connectivity index (χ4n) is 1.51. The van der Waals surface area contributed by atoms with Crippen molar-refractivity contribution in [3.63, 3.8) is 0 Å². The van der Waals surface area contributed by atoms with Crippen molar-refractivity contribution >= 4 is 11.8 Å². The lowest BCUT2D eigenvalue weighted by atomic mass is 10.0. The Hall–Kier alpha value is -1.64. The van der Waals surface area contributed by atoms with E-state index < -0.39 is 0 Å². The van der Waals surface area contributed by atoms with Gasteiger partial charge in [-0.25, -0.2) is 4.79 Å². The molecule has 0 bridgehead atoms. The highest BCUT2D eigenvalue weighted by Crippen LogP contribution is 2.09. The van der Waals surface area contributed by atoms with Crippen LogP contribution in [0, 0.1) is 0 Å². The van der Waals surface area contributed by atoms with Gasteiger partial charge in [-0.05, 0) is 37.5 Å². The molecular weight excluding hydrogens is 204 g/mol. The van der Waals surface area contributed by atoms with Gasteiger partial charge in [-0.1, -0.05) is 12.1 Å². The lowest BCUT2D eigenvalue weighted by molar-refractivity contribution is -0.117. The number of Topliss-reactive ketones (excluding diaryl/α,β-unsaturated/α-hetero) is 1. The largest absolute Gasteiger partial charge is 0.465 e. The molecule has 0 amide bonds. The summed E-state index contributed by atoms with van der Waals surface area (Å²) < 4.78 is 4.64. The molecule has 0 atom stereocenters. The number of methoxy groups -OCH3 is 1. The first-order valence-corrected chi connectivity index (χ1v) is 5.30. The van der Waals surface area contributed by atoms with Crippen LogP contribution in [-0.4, -0.2) is 18.9 Å². The van der Waals surface area contributed by atoms with Crippen LogP contribution in [0.15, 0.2) is 24.3 Å². The molecule has 0 radical (unpaired) electrons. The van der Waals surface area contributed by atoms with E-state index in [1.54, 1.807) is 13.0 Å². The summed E-state index contributed by atoms with van der Waals surface area (Å²) in [6.45, 7) is 1.59. The zero-order valence-electron chi connectivity index (χ0n) is 9.66. The summed E-state index contributed by atoms with van der Waals surface area (Å²) in [5, 5.41) is 0. The predicted molar refractivity (Wildman–Crippen MR) is 61.4 cm³/mol. The number of hydrogen-bond donors (Lipinski definition) is 0. The molecule has 0 heterocycles. The van der Waals surface area contributed by atoms with Gasteiger partial charge in [0.1, 0.15) is 5.78 Å². The van der Waals surface area contributed by atoms with Crippen molar-refractivity contribution in [1.29, 1.82) is 0 Å². The van der Waals surface area contributed by atoms with E-state index in [-0.39, 0.29) is 11.8 Å². The van der Waals surface area contributed by atoms with Crippen molar-refractivity contribution < 1.29 is 14.3 Å². The van der Waals surface area contributed by atoms with E-state index in [1.165, 1.54) is 7.11 Å². The maximum atomic E-state index is 11.3. The third kappa shape index (κ3) is 3.85. The Labute approximate surface area is 95.4 Å². The molecule has 0 aliphatic rings. The van der Waals surface area contributed by atoms with E-state index >= 15 is 0 Å².